The van der Waals surface area contributed by atoms with Gasteiger partial charge in [-0.3, -0.25) is 4.68 Å². The van der Waals surface area contributed by atoms with Crippen LogP contribution in [0.3, 0.4) is 0 Å². The van der Waals surface area contributed by atoms with Crippen LogP contribution in [-0.4, -0.2) is 44.5 Å². The summed E-state index contributed by atoms with van der Waals surface area (Å²) < 4.78 is 7.00. The van der Waals surface area contributed by atoms with E-state index in [1.54, 1.807) is 31.6 Å². The molecule has 0 unspecified atom stereocenters. The van der Waals surface area contributed by atoms with Crippen molar-refractivity contribution in [1.82, 2.24) is 30.1 Å². The number of methoxy groups -OCH3 is 1. The predicted molar refractivity (Wildman–Crippen MR) is 101 cm³/mol. The number of carbonyl (C=O) groups excluding carboxylic acids is 1. The molecule has 2 heterocycles. The number of urea groups is 1. The van der Waals surface area contributed by atoms with Crippen molar-refractivity contribution in [2.45, 2.75) is 26.9 Å². The molecule has 27 heavy (non-hydrogen) atoms. The van der Waals surface area contributed by atoms with Gasteiger partial charge in [0.15, 0.2) is 0 Å². The maximum Gasteiger partial charge on any atom is 0.319 e. The summed E-state index contributed by atoms with van der Waals surface area (Å²) in [7, 11) is 1.66. The molecule has 9 heteroatoms. The first-order valence-corrected chi connectivity index (χ1v) is 8.62. The van der Waals surface area contributed by atoms with Gasteiger partial charge in [-0.05, 0) is 38.1 Å². The molecule has 0 atom stereocenters. The molecule has 1 aromatic carbocycles. The second-order valence-electron chi connectivity index (χ2n) is 6.04. The van der Waals surface area contributed by atoms with Crippen LogP contribution in [0.15, 0.2) is 36.7 Å². The number of anilines is 1. The number of aromatic nitrogens is 5. The number of amides is 2. The third-order valence-corrected chi connectivity index (χ3v) is 4.24. The lowest BCUT2D eigenvalue weighted by Gasteiger charge is -2.09. The van der Waals surface area contributed by atoms with Crippen molar-refractivity contribution in [2.75, 3.05) is 19.0 Å². The zero-order valence-electron chi connectivity index (χ0n) is 15.6. The molecule has 0 spiro atoms. The summed E-state index contributed by atoms with van der Waals surface area (Å²) in [5.41, 5.74) is 4.45. The standard InChI is InChI=1S/C18H23N7O2/c1-13-17(14(2)24(23-13)10-11-27-3)12-19-18(26)22-15-4-6-16(7-5-15)25-20-8-9-21-25/h4-9H,10-12H2,1-3H3,(H2,19,22,26). The number of aryl methyl sites for hydroxylation is 1. The molecule has 0 bridgehead atoms. The van der Waals surface area contributed by atoms with Crippen LogP contribution < -0.4 is 10.6 Å². The van der Waals surface area contributed by atoms with Gasteiger partial charge in [-0.25, -0.2) is 4.79 Å². The Balaban J connectivity index is 1.56. The molecule has 2 amide bonds. The highest BCUT2D eigenvalue weighted by Gasteiger charge is 2.12. The van der Waals surface area contributed by atoms with Gasteiger partial charge in [0.05, 0.1) is 36.9 Å². The number of benzene rings is 1. The van der Waals surface area contributed by atoms with E-state index in [1.807, 2.05) is 30.7 Å². The molecule has 0 saturated heterocycles. The summed E-state index contributed by atoms with van der Waals surface area (Å²) >= 11 is 0. The first-order valence-electron chi connectivity index (χ1n) is 8.62. The largest absolute Gasteiger partial charge is 0.383 e. The topological polar surface area (TPSA) is 98.9 Å². The minimum absolute atomic E-state index is 0.275. The zero-order chi connectivity index (χ0) is 19.2. The Morgan fingerprint density at radius 2 is 1.85 bits per heavy atom. The highest BCUT2D eigenvalue weighted by atomic mass is 16.5. The van der Waals surface area contributed by atoms with Crippen molar-refractivity contribution >= 4 is 11.7 Å². The van der Waals surface area contributed by atoms with Crippen LogP contribution >= 0.6 is 0 Å². The van der Waals surface area contributed by atoms with E-state index in [2.05, 4.69) is 25.9 Å². The predicted octanol–water partition coefficient (Wildman–Crippen LogP) is 2.05. The molecule has 0 fully saturated rings. The fourth-order valence-electron chi connectivity index (χ4n) is 2.76. The molecule has 0 aliphatic heterocycles. The Morgan fingerprint density at radius 1 is 1.15 bits per heavy atom. The molecule has 0 saturated carbocycles. The lowest BCUT2D eigenvalue weighted by atomic mass is 10.2. The van der Waals surface area contributed by atoms with E-state index in [1.165, 1.54) is 4.80 Å². The van der Waals surface area contributed by atoms with Gasteiger partial charge in [0.2, 0.25) is 0 Å². The van der Waals surface area contributed by atoms with Crippen molar-refractivity contribution in [3.63, 3.8) is 0 Å². The number of nitrogens with one attached hydrogen (secondary N) is 2. The van der Waals surface area contributed by atoms with Gasteiger partial charge in [-0.1, -0.05) is 0 Å². The Kier molecular flexibility index (Phi) is 5.82. The summed E-state index contributed by atoms with van der Waals surface area (Å²) in [4.78, 5) is 13.7. The molecule has 9 nitrogen and oxygen atoms in total. The molecule has 2 aromatic heterocycles. The maximum atomic E-state index is 12.2. The molecule has 3 rings (SSSR count). The second kappa shape index (κ2) is 8.45. The minimum atomic E-state index is -0.275. The van der Waals surface area contributed by atoms with Crippen LogP contribution in [0.2, 0.25) is 0 Å². The zero-order valence-corrected chi connectivity index (χ0v) is 15.6. The van der Waals surface area contributed by atoms with E-state index < -0.39 is 0 Å². The summed E-state index contributed by atoms with van der Waals surface area (Å²) in [5.74, 6) is 0. The molecule has 0 aliphatic carbocycles. The van der Waals surface area contributed by atoms with Crippen molar-refractivity contribution < 1.29 is 9.53 Å². The highest BCUT2D eigenvalue weighted by molar-refractivity contribution is 5.89. The van der Waals surface area contributed by atoms with Crippen LogP contribution in [-0.2, 0) is 17.8 Å². The number of ether oxygens (including phenoxy) is 1. The quantitative estimate of drug-likeness (QED) is 0.664. The van der Waals surface area contributed by atoms with E-state index in [4.69, 9.17) is 4.74 Å². The Hall–Kier alpha value is -3.20. The summed E-state index contributed by atoms with van der Waals surface area (Å²) in [6.07, 6.45) is 3.22. The summed E-state index contributed by atoms with van der Waals surface area (Å²) in [6.45, 7) is 5.62. The van der Waals surface area contributed by atoms with Gasteiger partial charge in [0.1, 0.15) is 0 Å². The number of hydrogen-bond acceptors (Lipinski definition) is 5. The Labute approximate surface area is 157 Å². The van der Waals surface area contributed by atoms with Gasteiger partial charge < -0.3 is 15.4 Å². The first-order chi connectivity index (χ1) is 13.1. The number of nitrogens with zero attached hydrogens (tertiary/aromatic N) is 5. The van der Waals surface area contributed by atoms with Gasteiger partial charge in [-0.2, -0.15) is 20.1 Å². The van der Waals surface area contributed by atoms with Gasteiger partial charge in [0.25, 0.3) is 0 Å². The lowest BCUT2D eigenvalue weighted by Crippen LogP contribution is -2.28. The van der Waals surface area contributed by atoms with Crippen molar-refractivity contribution in [2.24, 2.45) is 0 Å². The van der Waals surface area contributed by atoms with Crippen LogP contribution in [0.25, 0.3) is 5.69 Å². The minimum Gasteiger partial charge on any atom is -0.383 e. The molecule has 2 N–H and O–H groups in total. The molecule has 142 valence electrons. The van der Waals surface area contributed by atoms with Gasteiger partial charge in [0, 0.05) is 30.6 Å². The van der Waals surface area contributed by atoms with E-state index >= 15 is 0 Å². The first kappa shape index (κ1) is 18.6. The summed E-state index contributed by atoms with van der Waals surface area (Å²) in [5, 5.41) is 18.3. The van der Waals surface area contributed by atoms with Gasteiger partial charge in [-0.15, -0.1) is 0 Å². The van der Waals surface area contributed by atoms with Crippen molar-refractivity contribution in [3.8, 4) is 5.69 Å². The average Bonchev–Trinajstić information content (AvgIpc) is 3.28. The molecule has 3 aromatic rings. The van der Waals surface area contributed by atoms with Crippen LogP contribution in [0.1, 0.15) is 17.0 Å². The molecule has 0 aliphatic rings. The SMILES string of the molecule is COCCn1nc(C)c(CNC(=O)Nc2ccc(-n3nccn3)cc2)c1C. The number of carbonyl (C=O) groups is 1. The second-order valence-corrected chi connectivity index (χ2v) is 6.04. The van der Waals surface area contributed by atoms with E-state index in [0.717, 1.165) is 22.6 Å². The summed E-state index contributed by atoms with van der Waals surface area (Å²) in [6, 6.07) is 7.01. The van der Waals surface area contributed by atoms with E-state index in [9.17, 15) is 4.79 Å². The van der Waals surface area contributed by atoms with Crippen LogP contribution in [0, 0.1) is 13.8 Å². The third kappa shape index (κ3) is 4.50. The monoisotopic (exact) mass is 369 g/mol. The smallest absolute Gasteiger partial charge is 0.319 e. The van der Waals surface area contributed by atoms with E-state index in [0.29, 0.717) is 25.4 Å². The normalized spacial score (nSPS) is 10.8. The van der Waals surface area contributed by atoms with Crippen molar-refractivity contribution in [1.29, 1.82) is 0 Å². The number of rotatable bonds is 7. The lowest BCUT2D eigenvalue weighted by molar-refractivity contribution is 0.182. The number of hydrogen-bond donors (Lipinski definition) is 2. The van der Waals surface area contributed by atoms with Crippen LogP contribution in [0.5, 0.6) is 0 Å². The fourth-order valence-corrected chi connectivity index (χ4v) is 2.76. The average molecular weight is 369 g/mol. The van der Waals surface area contributed by atoms with Gasteiger partial charge >= 0.3 is 6.03 Å². The molecular formula is C18H23N7O2. The van der Waals surface area contributed by atoms with Crippen molar-refractivity contribution in [3.05, 3.63) is 53.6 Å². The molecule has 0 radical (unpaired) electrons. The Morgan fingerprint density at radius 3 is 2.52 bits per heavy atom. The molecular weight excluding hydrogens is 346 g/mol. The maximum absolute atomic E-state index is 12.2. The Bertz CT molecular complexity index is 885. The fraction of sp³-hybridized carbons (Fsp3) is 0.333. The highest BCUT2D eigenvalue weighted by Crippen LogP contribution is 2.14. The third-order valence-electron chi connectivity index (χ3n) is 4.24. The van der Waals surface area contributed by atoms with Crippen LogP contribution in [0.4, 0.5) is 10.5 Å². The van der Waals surface area contributed by atoms with E-state index in [-0.39, 0.29) is 6.03 Å².